The molecule has 0 aliphatic carbocycles. The van der Waals surface area contributed by atoms with Crippen molar-refractivity contribution in [3.63, 3.8) is 0 Å². The summed E-state index contributed by atoms with van der Waals surface area (Å²) in [6.07, 6.45) is 6.20. The highest BCUT2D eigenvalue weighted by atomic mass is 32.2. The largest absolute Gasteiger partial charge is 0.497 e. The van der Waals surface area contributed by atoms with Crippen molar-refractivity contribution in [3.05, 3.63) is 59.2 Å². The maximum absolute atomic E-state index is 13.6. The van der Waals surface area contributed by atoms with E-state index < -0.39 is 15.3 Å². The van der Waals surface area contributed by atoms with E-state index in [1.807, 2.05) is 43.3 Å². The standard InChI is InChI=1S/C26H36O4S.CH4/c1-5-7-14-26(19-27,15-8-6-2)20-31(28,29)25-13-12-21(3)16-23(25)17-22-10-9-11-24(18-22)30-4;/h9-13,16,18-19H,5-8,14-15,17,20H2,1-4H3;1H4. The van der Waals surface area contributed by atoms with Crippen molar-refractivity contribution in [2.45, 2.75) is 78.0 Å². The predicted octanol–water partition coefficient (Wildman–Crippen LogP) is 6.57. The third-order valence-corrected chi connectivity index (χ3v) is 7.89. The fourth-order valence-corrected chi connectivity index (χ4v) is 6.16. The molecule has 0 aliphatic rings. The van der Waals surface area contributed by atoms with Gasteiger partial charge < -0.3 is 9.53 Å². The van der Waals surface area contributed by atoms with Crippen molar-refractivity contribution < 1.29 is 17.9 Å². The van der Waals surface area contributed by atoms with E-state index in [0.29, 0.717) is 24.2 Å². The molecule has 0 N–H and O–H groups in total. The molecule has 2 aromatic rings. The molecule has 0 bridgehead atoms. The van der Waals surface area contributed by atoms with Gasteiger partial charge >= 0.3 is 0 Å². The van der Waals surface area contributed by atoms with Crippen LogP contribution in [0.25, 0.3) is 0 Å². The number of hydrogen-bond acceptors (Lipinski definition) is 4. The van der Waals surface area contributed by atoms with Gasteiger partial charge in [-0.15, -0.1) is 0 Å². The van der Waals surface area contributed by atoms with Gasteiger partial charge in [0, 0.05) is 5.41 Å². The number of unbranched alkanes of at least 4 members (excludes halogenated alkanes) is 2. The van der Waals surface area contributed by atoms with Crippen LogP contribution >= 0.6 is 0 Å². The number of rotatable bonds is 13. The van der Waals surface area contributed by atoms with Crippen molar-refractivity contribution in [1.29, 1.82) is 0 Å². The molecule has 0 saturated carbocycles. The number of carbonyl (C=O) groups is 1. The number of aldehydes is 1. The molecular weight excluding hydrogens is 420 g/mol. The molecule has 32 heavy (non-hydrogen) atoms. The molecule has 0 aliphatic heterocycles. The third kappa shape index (κ3) is 7.47. The van der Waals surface area contributed by atoms with E-state index in [1.54, 1.807) is 13.2 Å². The normalized spacial score (nSPS) is 11.6. The average molecular weight is 461 g/mol. The van der Waals surface area contributed by atoms with Crippen LogP contribution in [0.2, 0.25) is 0 Å². The minimum Gasteiger partial charge on any atom is -0.497 e. The van der Waals surface area contributed by atoms with Gasteiger partial charge in [-0.05, 0) is 55.5 Å². The maximum atomic E-state index is 13.6. The summed E-state index contributed by atoms with van der Waals surface area (Å²) in [5.74, 6) is 0.617. The van der Waals surface area contributed by atoms with Gasteiger partial charge in [0.15, 0.2) is 9.84 Å². The summed E-state index contributed by atoms with van der Waals surface area (Å²) in [5, 5.41) is 0. The van der Waals surface area contributed by atoms with Gasteiger partial charge in [-0.1, -0.05) is 76.8 Å². The highest BCUT2D eigenvalue weighted by Gasteiger charge is 2.36. The molecule has 5 heteroatoms. The van der Waals surface area contributed by atoms with Gasteiger partial charge in [0.25, 0.3) is 0 Å². The van der Waals surface area contributed by atoms with Crippen molar-refractivity contribution >= 4 is 16.1 Å². The van der Waals surface area contributed by atoms with Gasteiger partial charge in [0.1, 0.15) is 12.0 Å². The lowest BCUT2D eigenvalue weighted by Gasteiger charge is -2.28. The summed E-state index contributed by atoms with van der Waals surface area (Å²) in [6.45, 7) is 6.09. The molecule has 0 atom stereocenters. The van der Waals surface area contributed by atoms with Crippen LogP contribution in [-0.2, 0) is 21.1 Å². The van der Waals surface area contributed by atoms with Gasteiger partial charge in [-0.3, -0.25) is 0 Å². The lowest BCUT2D eigenvalue weighted by atomic mass is 9.81. The monoisotopic (exact) mass is 460 g/mol. The first-order valence-corrected chi connectivity index (χ1v) is 12.9. The number of hydrogen-bond donors (Lipinski definition) is 0. The summed E-state index contributed by atoms with van der Waals surface area (Å²) in [4.78, 5) is 12.5. The van der Waals surface area contributed by atoms with Crippen LogP contribution in [0.5, 0.6) is 5.75 Å². The van der Waals surface area contributed by atoms with Gasteiger partial charge in [0.05, 0.1) is 17.8 Å². The zero-order valence-electron chi connectivity index (χ0n) is 19.3. The quantitative estimate of drug-likeness (QED) is 0.317. The van der Waals surface area contributed by atoms with Crippen LogP contribution in [0.15, 0.2) is 47.4 Å². The Morgan fingerprint density at radius 1 is 1.00 bits per heavy atom. The van der Waals surface area contributed by atoms with Crippen LogP contribution in [0.3, 0.4) is 0 Å². The number of sulfone groups is 1. The van der Waals surface area contributed by atoms with E-state index in [2.05, 4.69) is 13.8 Å². The smallest absolute Gasteiger partial charge is 0.179 e. The molecule has 2 aromatic carbocycles. The number of aryl methyl sites for hydroxylation is 1. The zero-order valence-corrected chi connectivity index (χ0v) is 20.1. The van der Waals surface area contributed by atoms with E-state index in [9.17, 15) is 13.2 Å². The van der Waals surface area contributed by atoms with Crippen molar-refractivity contribution in [2.75, 3.05) is 12.9 Å². The molecule has 0 saturated heterocycles. The van der Waals surface area contributed by atoms with E-state index >= 15 is 0 Å². The highest BCUT2D eigenvalue weighted by Crippen LogP contribution is 2.34. The van der Waals surface area contributed by atoms with Crippen molar-refractivity contribution in [3.8, 4) is 5.75 Å². The second kappa shape index (κ2) is 12.8. The Morgan fingerprint density at radius 3 is 2.22 bits per heavy atom. The summed E-state index contributed by atoms with van der Waals surface area (Å²) >= 11 is 0. The Bertz CT molecular complexity index is 955. The second-order valence-corrected chi connectivity index (χ2v) is 10.5. The van der Waals surface area contributed by atoms with Crippen LogP contribution < -0.4 is 4.74 Å². The fourth-order valence-electron chi connectivity index (χ4n) is 4.09. The van der Waals surface area contributed by atoms with Crippen LogP contribution in [0.1, 0.15) is 76.5 Å². The number of carbonyl (C=O) groups excluding carboxylic acids is 1. The molecule has 0 fully saturated rings. The Morgan fingerprint density at radius 2 is 1.66 bits per heavy atom. The molecule has 0 radical (unpaired) electrons. The molecule has 2 rings (SSSR count). The Hall–Kier alpha value is -2.14. The van der Waals surface area contributed by atoms with E-state index in [0.717, 1.165) is 54.4 Å². The summed E-state index contributed by atoms with van der Waals surface area (Å²) in [7, 11) is -2.02. The van der Waals surface area contributed by atoms with E-state index in [-0.39, 0.29) is 13.2 Å². The maximum Gasteiger partial charge on any atom is 0.179 e. The molecule has 0 heterocycles. The lowest BCUT2D eigenvalue weighted by Crippen LogP contribution is -2.32. The lowest BCUT2D eigenvalue weighted by molar-refractivity contribution is -0.116. The topological polar surface area (TPSA) is 60.4 Å². The third-order valence-electron chi connectivity index (χ3n) is 5.86. The number of methoxy groups -OCH3 is 1. The first-order valence-electron chi connectivity index (χ1n) is 11.2. The van der Waals surface area contributed by atoms with Gasteiger partial charge in [-0.25, -0.2) is 8.42 Å². The fraction of sp³-hybridized carbons (Fsp3) is 0.519. The SMILES string of the molecule is C.CCCCC(C=O)(CCCC)CS(=O)(=O)c1ccc(C)cc1Cc1cccc(OC)c1. The minimum atomic E-state index is -3.64. The minimum absolute atomic E-state index is 0. The zero-order chi connectivity index (χ0) is 22.9. The predicted molar refractivity (Wildman–Crippen MR) is 133 cm³/mol. The molecule has 0 unspecified atom stereocenters. The molecule has 0 spiro atoms. The first kappa shape index (κ1) is 27.9. The van der Waals surface area contributed by atoms with Crippen LogP contribution in [0, 0.1) is 12.3 Å². The van der Waals surface area contributed by atoms with Gasteiger partial charge in [0.2, 0.25) is 0 Å². The highest BCUT2D eigenvalue weighted by molar-refractivity contribution is 7.91. The molecule has 4 nitrogen and oxygen atoms in total. The number of benzene rings is 2. The Kier molecular flexibility index (Phi) is 11.1. The van der Waals surface area contributed by atoms with E-state index in [4.69, 9.17) is 4.74 Å². The van der Waals surface area contributed by atoms with Crippen LogP contribution in [-0.4, -0.2) is 27.6 Å². The molecule has 0 amide bonds. The van der Waals surface area contributed by atoms with Crippen molar-refractivity contribution in [2.24, 2.45) is 5.41 Å². The van der Waals surface area contributed by atoms with E-state index in [1.165, 1.54) is 0 Å². The Balaban J connectivity index is 0.00000512. The van der Waals surface area contributed by atoms with Crippen molar-refractivity contribution in [1.82, 2.24) is 0 Å². The average Bonchev–Trinajstić information content (AvgIpc) is 2.75. The molecule has 0 aromatic heterocycles. The molecular formula is C27H40O4S. The summed E-state index contributed by atoms with van der Waals surface area (Å²) in [5.41, 5.74) is 1.94. The summed E-state index contributed by atoms with van der Waals surface area (Å²) in [6, 6.07) is 13.2. The first-order chi connectivity index (χ1) is 14.8. The number of ether oxygens (including phenoxy) is 1. The molecule has 178 valence electrons. The summed E-state index contributed by atoms with van der Waals surface area (Å²) < 4.78 is 32.5. The van der Waals surface area contributed by atoms with Crippen LogP contribution in [0.4, 0.5) is 0 Å². The second-order valence-electron chi connectivity index (χ2n) is 8.59. The van der Waals surface area contributed by atoms with Gasteiger partial charge in [-0.2, -0.15) is 0 Å². The Labute approximate surface area is 195 Å².